The Bertz CT molecular complexity index is 93.6. The predicted molar refractivity (Wildman–Crippen MR) is 45.1 cm³/mol. The summed E-state index contributed by atoms with van der Waals surface area (Å²) in [5.41, 5.74) is 5.95. The summed E-state index contributed by atoms with van der Waals surface area (Å²) in [6, 6.07) is 0. The van der Waals surface area contributed by atoms with Crippen molar-refractivity contribution in [2.75, 3.05) is 6.54 Å². The highest BCUT2D eigenvalue weighted by molar-refractivity contribution is 6.29. The molecule has 0 aliphatic rings. The van der Waals surface area contributed by atoms with Crippen LogP contribution in [0.2, 0.25) is 5.54 Å². The van der Waals surface area contributed by atoms with Gasteiger partial charge in [0, 0.05) is 6.54 Å². The van der Waals surface area contributed by atoms with Crippen LogP contribution >= 0.6 is 0 Å². The van der Waals surface area contributed by atoms with Gasteiger partial charge in [0.2, 0.25) is 9.76 Å². The van der Waals surface area contributed by atoms with Gasteiger partial charge in [0.05, 0.1) is 5.60 Å². The molecule has 0 amide bonds. The molecule has 0 rings (SSSR count). The Hall–Kier alpha value is 0.137. The molecule has 60 valence electrons. The van der Waals surface area contributed by atoms with E-state index in [1.807, 2.05) is 13.8 Å². The first kappa shape index (κ1) is 10.1. The van der Waals surface area contributed by atoms with Crippen molar-refractivity contribution < 1.29 is 4.43 Å². The number of hydrogen-bond acceptors (Lipinski definition) is 2. The van der Waals surface area contributed by atoms with E-state index >= 15 is 0 Å². The minimum absolute atomic E-state index is 0.136. The standard InChI is InChI=1S/C7H17NOSi/c1-6(2)10-9-7(3,4)5-8/h6H,5,8H2,1-4H3. The third-order valence-corrected chi connectivity index (χ3v) is 2.20. The van der Waals surface area contributed by atoms with Gasteiger partial charge < -0.3 is 10.2 Å². The van der Waals surface area contributed by atoms with Gasteiger partial charge in [0.1, 0.15) is 0 Å². The molecule has 0 unspecified atom stereocenters. The molecule has 0 aliphatic heterocycles. The van der Waals surface area contributed by atoms with Crippen LogP contribution in [-0.4, -0.2) is 21.9 Å². The monoisotopic (exact) mass is 159 g/mol. The van der Waals surface area contributed by atoms with Crippen molar-refractivity contribution in [3.63, 3.8) is 0 Å². The molecule has 0 spiro atoms. The van der Waals surface area contributed by atoms with Gasteiger partial charge in [-0.3, -0.25) is 0 Å². The maximum atomic E-state index is 5.54. The highest BCUT2D eigenvalue weighted by Gasteiger charge is 2.16. The van der Waals surface area contributed by atoms with Crippen molar-refractivity contribution >= 4 is 9.76 Å². The third kappa shape index (κ3) is 4.96. The second-order valence-electron chi connectivity index (χ2n) is 3.34. The zero-order valence-electron chi connectivity index (χ0n) is 7.27. The molecular formula is C7H17NOSi. The van der Waals surface area contributed by atoms with Gasteiger partial charge in [-0.15, -0.1) is 0 Å². The maximum absolute atomic E-state index is 5.54. The highest BCUT2D eigenvalue weighted by atomic mass is 28.2. The zero-order valence-corrected chi connectivity index (χ0v) is 8.27. The minimum atomic E-state index is -0.136. The summed E-state index contributed by atoms with van der Waals surface area (Å²) in [6.07, 6.45) is 0. The van der Waals surface area contributed by atoms with Gasteiger partial charge in [-0.2, -0.15) is 0 Å². The average molecular weight is 159 g/mol. The van der Waals surface area contributed by atoms with Crippen LogP contribution in [0.3, 0.4) is 0 Å². The van der Waals surface area contributed by atoms with Gasteiger partial charge in [-0.25, -0.2) is 0 Å². The lowest BCUT2D eigenvalue weighted by atomic mass is 10.1. The molecule has 2 N–H and O–H groups in total. The SMILES string of the molecule is CC(C)[Si]OC(C)(C)CN. The Morgan fingerprint density at radius 1 is 1.50 bits per heavy atom. The minimum Gasteiger partial charge on any atom is -0.411 e. The Kier molecular flexibility index (Phi) is 4.16. The van der Waals surface area contributed by atoms with Gasteiger partial charge in [0.25, 0.3) is 0 Å². The molecule has 0 heterocycles. The number of hydrogen-bond donors (Lipinski definition) is 1. The smallest absolute Gasteiger partial charge is 0.233 e. The molecule has 3 heteroatoms. The van der Waals surface area contributed by atoms with Gasteiger partial charge >= 0.3 is 0 Å². The molecule has 0 saturated heterocycles. The molecule has 2 radical (unpaired) electrons. The van der Waals surface area contributed by atoms with E-state index < -0.39 is 0 Å². The quantitative estimate of drug-likeness (QED) is 0.625. The third-order valence-electron chi connectivity index (χ3n) is 1.06. The fourth-order valence-corrected chi connectivity index (χ4v) is 0.957. The van der Waals surface area contributed by atoms with Crippen molar-refractivity contribution in [3.05, 3.63) is 0 Å². The van der Waals surface area contributed by atoms with Crippen molar-refractivity contribution in [3.8, 4) is 0 Å². The normalized spacial score (nSPS) is 12.6. The highest BCUT2D eigenvalue weighted by Crippen LogP contribution is 2.08. The summed E-state index contributed by atoms with van der Waals surface area (Å²) in [5, 5.41) is 0. The second-order valence-corrected chi connectivity index (χ2v) is 4.93. The fraction of sp³-hybridized carbons (Fsp3) is 1.00. The lowest BCUT2D eigenvalue weighted by molar-refractivity contribution is 0.123. The van der Waals surface area contributed by atoms with E-state index in [9.17, 15) is 0 Å². The van der Waals surface area contributed by atoms with Crippen LogP contribution in [0.15, 0.2) is 0 Å². The lowest BCUT2D eigenvalue weighted by Crippen LogP contribution is -2.35. The summed E-state index contributed by atoms with van der Waals surface area (Å²) in [6.45, 7) is 8.91. The molecule has 0 atom stereocenters. The maximum Gasteiger partial charge on any atom is 0.233 e. The molecule has 0 saturated carbocycles. The molecule has 0 fully saturated rings. The Labute approximate surface area is 66.1 Å². The molecule has 0 aromatic carbocycles. The van der Waals surface area contributed by atoms with E-state index in [0.29, 0.717) is 21.8 Å². The molecule has 0 aromatic heterocycles. The Morgan fingerprint density at radius 3 is 2.30 bits per heavy atom. The van der Waals surface area contributed by atoms with E-state index in [4.69, 9.17) is 10.2 Å². The zero-order chi connectivity index (χ0) is 8.20. The first-order valence-electron chi connectivity index (χ1n) is 3.61. The lowest BCUT2D eigenvalue weighted by Gasteiger charge is -2.23. The van der Waals surface area contributed by atoms with E-state index in [2.05, 4.69) is 13.8 Å². The summed E-state index contributed by atoms with van der Waals surface area (Å²) in [7, 11) is 0.567. The van der Waals surface area contributed by atoms with Crippen LogP contribution in [0.1, 0.15) is 27.7 Å². The largest absolute Gasteiger partial charge is 0.411 e. The van der Waals surface area contributed by atoms with Crippen LogP contribution < -0.4 is 5.73 Å². The van der Waals surface area contributed by atoms with Crippen LogP contribution in [0.25, 0.3) is 0 Å². The molecular weight excluding hydrogens is 142 g/mol. The molecule has 0 bridgehead atoms. The molecule has 10 heavy (non-hydrogen) atoms. The molecule has 2 nitrogen and oxygen atoms in total. The van der Waals surface area contributed by atoms with Crippen LogP contribution in [0.5, 0.6) is 0 Å². The molecule has 0 aliphatic carbocycles. The predicted octanol–water partition coefficient (Wildman–Crippen LogP) is 1.19. The van der Waals surface area contributed by atoms with Gasteiger partial charge in [-0.1, -0.05) is 13.8 Å². The van der Waals surface area contributed by atoms with E-state index in [1.165, 1.54) is 0 Å². The number of rotatable bonds is 4. The van der Waals surface area contributed by atoms with E-state index in [-0.39, 0.29) is 5.60 Å². The van der Waals surface area contributed by atoms with Crippen LogP contribution in [0.4, 0.5) is 0 Å². The van der Waals surface area contributed by atoms with Crippen LogP contribution in [0, 0.1) is 0 Å². The molecule has 0 aromatic rings. The van der Waals surface area contributed by atoms with Crippen molar-refractivity contribution in [1.29, 1.82) is 0 Å². The summed E-state index contributed by atoms with van der Waals surface area (Å²) >= 11 is 0. The van der Waals surface area contributed by atoms with Gasteiger partial charge in [-0.05, 0) is 19.4 Å². The van der Waals surface area contributed by atoms with Crippen molar-refractivity contribution in [2.24, 2.45) is 5.73 Å². The summed E-state index contributed by atoms with van der Waals surface area (Å²) in [5.74, 6) is 0. The average Bonchev–Trinajstić information content (AvgIpc) is 1.85. The Balaban J connectivity index is 3.46. The topological polar surface area (TPSA) is 35.2 Å². The van der Waals surface area contributed by atoms with Gasteiger partial charge in [0.15, 0.2) is 0 Å². The van der Waals surface area contributed by atoms with Crippen LogP contribution in [-0.2, 0) is 4.43 Å². The van der Waals surface area contributed by atoms with Crippen molar-refractivity contribution in [1.82, 2.24) is 0 Å². The Morgan fingerprint density at radius 2 is 2.00 bits per heavy atom. The van der Waals surface area contributed by atoms with E-state index in [1.54, 1.807) is 0 Å². The van der Waals surface area contributed by atoms with Crippen molar-refractivity contribution in [2.45, 2.75) is 38.8 Å². The van der Waals surface area contributed by atoms with E-state index in [0.717, 1.165) is 0 Å². The first-order chi connectivity index (χ1) is 4.48. The first-order valence-corrected chi connectivity index (χ1v) is 4.60. The summed E-state index contributed by atoms with van der Waals surface area (Å²) in [4.78, 5) is 0. The summed E-state index contributed by atoms with van der Waals surface area (Å²) < 4.78 is 5.54. The second kappa shape index (κ2) is 4.11. The number of nitrogens with two attached hydrogens (primary N) is 1. The fourth-order valence-electron chi connectivity index (χ4n) is 0.319.